The van der Waals surface area contributed by atoms with E-state index in [0.29, 0.717) is 0 Å². The van der Waals surface area contributed by atoms with Crippen LogP contribution in [-0.4, -0.2) is 43.1 Å². The molecule has 0 atom stereocenters. The van der Waals surface area contributed by atoms with Gasteiger partial charge in [0, 0.05) is 14.1 Å². The van der Waals surface area contributed by atoms with E-state index >= 15 is 0 Å². The Balaban J connectivity index is 2.50. The Morgan fingerprint density at radius 1 is 1.21 bits per heavy atom. The molecule has 19 heavy (non-hydrogen) atoms. The van der Waals surface area contributed by atoms with E-state index in [1.165, 1.54) is 17.0 Å². The molecule has 0 aromatic heterocycles. The number of ketones is 1. The number of benzene rings is 1. The van der Waals surface area contributed by atoms with Gasteiger partial charge in [0.25, 0.3) is 11.7 Å². The lowest BCUT2D eigenvalue weighted by Gasteiger charge is -2.19. The molecule has 1 aliphatic heterocycles. The Hall–Kier alpha value is -1.59. The molecule has 7 heteroatoms. The first kappa shape index (κ1) is 13.8. The van der Waals surface area contributed by atoms with Crippen LogP contribution in [0.1, 0.15) is 10.4 Å². The molecule has 1 heterocycles. The van der Waals surface area contributed by atoms with Gasteiger partial charge >= 0.3 is 0 Å². The monoisotopic (exact) mass is 300 g/mol. The summed E-state index contributed by atoms with van der Waals surface area (Å²) in [6.45, 7) is -0.245. The molecule has 1 aromatic carbocycles. The van der Waals surface area contributed by atoms with E-state index in [9.17, 15) is 14.4 Å². The molecule has 100 valence electrons. The first-order chi connectivity index (χ1) is 8.84. The average molecular weight is 301 g/mol. The summed E-state index contributed by atoms with van der Waals surface area (Å²) in [7, 11) is 3.12. The predicted molar refractivity (Wildman–Crippen MR) is 71.8 cm³/mol. The summed E-state index contributed by atoms with van der Waals surface area (Å²) in [5, 5.41) is 0.364. The third-order valence-electron chi connectivity index (χ3n) is 2.81. The third-order valence-corrected chi connectivity index (χ3v) is 3.43. The summed E-state index contributed by atoms with van der Waals surface area (Å²) in [5.74, 6) is -1.85. The number of fused-ring (bicyclic) bond motifs is 1. The molecule has 2 rings (SSSR count). The zero-order valence-electron chi connectivity index (χ0n) is 10.2. The molecule has 0 N–H and O–H groups in total. The Bertz CT molecular complexity index is 599. The summed E-state index contributed by atoms with van der Waals surface area (Å²) in [6.07, 6.45) is 0. The summed E-state index contributed by atoms with van der Waals surface area (Å²) in [4.78, 5) is 37.9. The van der Waals surface area contributed by atoms with Gasteiger partial charge in [-0.1, -0.05) is 23.2 Å². The highest BCUT2D eigenvalue weighted by Crippen LogP contribution is 2.39. The maximum Gasteiger partial charge on any atom is 0.300 e. The van der Waals surface area contributed by atoms with E-state index in [2.05, 4.69) is 0 Å². The second-order valence-corrected chi connectivity index (χ2v) is 5.08. The number of Topliss-reactive ketones (excluding diaryl/α,β-unsaturated/α-hetero) is 1. The number of rotatable bonds is 2. The van der Waals surface area contributed by atoms with Crippen molar-refractivity contribution in [2.75, 3.05) is 25.5 Å². The van der Waals surface area contributed by atoms with Crippen LogP contribution in [0, 0.1) is 0 Å². The standard InChI is InChI=1S/C12H10Cl2N2O3/c1-15(2)8(17)5-16-10-7(14)4-3-6(13)9(10)11(18)12(16)19/h3-4H,5H2,1-2H3. The molecule has 0 aliphatic carbocycles. The van der Waals surface area contributed by atoms with Crippen LogP contribution in [0.15, 0.2) is 12.1 Å². The zero-order chi connectivity index (χ0) is 14.3. The molecule has 0 fully saturated rings. The van der Waals surface area contributed by atoms with E-state index in [1.807, 2.05) is 0 Å². The number of carbonyl (C=O) groups is 3. The Labute approximate surface area is 119 Å². The Morgan fingerprint density at radius 2 is 1.79 bits per heavy atom. The van der Waals surface area contributed by atoms with Gasteiger partial charge < -0.3 is 4.90 Å². The summed E-state index contributed by atoms with van der Waals surface area (Å²) < 4.78 is 0. The maximum atomic E-state index is 11.9. The quantitative estimate of drug-likeness (QED) is 0.780. The van der Waals surface area contributed by atoms with Crippen LogP contribution in [0.2, 0.25) is 10.0 Å². The van der Waals surface area contributed by atoms with Gasteiger partial charge in [0.05, 0.1) is 21.3 Å². The summed E-state index contributed by atoms with van der Waals surface area (Å²) >= 11 is 11.9. The lowest BCUT2D eigenvalue weighted by molar-refractivity contribution is -0.128. The second kappa shape index (κ2) is 4.83. The fraction of sp³-hybridized carbons (Fsp3) is 0.250. The fourth-order valence-electron chi connectivity index (χ4n) is 1.78. The number of amides is 2. The minimum Gasteiger partial charge on any atom is -0.347 e. The number of nitrogens with zero attached hydrogens (tertiary/aromatic N) is 2. The zero-order valence-corrected chi connectivity index (χ0v) is 11.7. The largest absolute Gasteiger partial charge is 0.347 e. The van der Waals surface area contributed by atoms with Gasteiger partial charge in [-0.15, -0.1) is 0 Å². The number of likely N-dealkylation sites (N-methyl/N-ethyl adjacent to an activating group) is 1. The number of anilines is 1. The van der Waals surface area contributed by atoms with Crippen LogP contribution in [0.5, 0.6) is 0 Å². The highest BCUT2D eigenvalue weighted by atomic mass is 35.5. The number of carbonyl (C=O) groups excluding carboxylic acids is 3. The lowest BCUT2D eigenvalue weighted by atomic mass is 10.1. The van der Waals surface area contributed by atoms with Crippen LogP contribution in [0.4, 0.5) is 5.69 Å². The Kier molecular flexibility index (Phi) is 3.52. The predicted octanol–water partition coefficient (Wildman–Crippen LogP) is 1.61. The first-order valence-electron chi connectivity index (χ1n) is 5.39. The molecular formula is C12H10Cl2N2O3. The van der Waals surface area contributed by atoms with Crippen LogP contribution in [-0.2, 0) is 9.59 Å². The lowest BCUT2D eigenvalue weighted by Crippen LogP contribution is -2.39. The molecule has 0 saturated heterocycles. The molecule has 1 aliphatic rings. The van der Waals surface area contributed by atoms with Gasteiger partial charge in [-0.25, -0.2) is 0 Å². The summed E-state index contributed by atoms with van der Waals surface area (Å²) in [5.41, 5.74) is 0.269. The minimum absolute atomic E-state index is 0.0609. The molecule has 0 bridgehead atoms. The molecule has 5 nitrogen and oxygen atoms in total. The second-order valence-electron chi connectivity index (χ2n) is 4.26. The molecule has 0 saturated carbocycles. The van der Waals surface area contributed by atoms with Crippen molar-refractivity contribution in [1.82, 2.24) is 4.90 Å². The van der Waals surface area contributed by atoms with E-state index in [1.54, 1.807) is 14.1 Å². The molecule has 0 unspecified atom stereocenters. The van der Waals surface area contributed by atoms with Crippen LogP contribution in [0.25, 0.3) is 0 Å². The molecule has 0 radical (unpaired) electrons. The molecule has 0 spiro atoms. The Morgan fingerprint density at radius 3 is 2.37 bits per heavy atom. The van der Waals surface area contributed by atoms with Gasteiger partial charge in [-0.2, -0.15) is 0 Å². The van der Waals surface area contributed by atoms with Gasteiger partial charge in [0.15, 0.2) is 0 Å². The minimum atomic E-state index is -0.791. The van der Waals surface area contributed by atoms with Gasteiger partial charge in [-0.05, 0) is 12.1 Å². The van der Waals surface area contributed by atoms with E-state index in [0.717, 1.165) is 4.90 Å². The van der Waals surface area contributed by atoms with Crippen LogP contribution < -0.4 is 4.90 Å². The van der Waals surface area contributed by atoms with E-state index in [-0.39, 0.29) is 33.7 Å². The van der Waals surface area contributed by atoms with Crippen molar-refractivity contribution >= 4 is 46.5 Å². The van der Waals surface area contributed by atoms with Crippen LogP contribution in [0.3, 0.4) is 0 Å². The fourth-order valence-corrected chi connectivity index (χ4v) is 2.28. The van der Waals surface area contributed by atoms with Gasteiger partial charge in [0.2, 0.25) is 5.91 Å². The van der Waals surface area contributed by atoms with Gasteiger partial charge in [0.1, 0.15) is 6.54 Å². The maximum absolute atomic E-state index is 11.9. The van der Waals surface area contributed by atoms with Crippen molar-refractivity contribution in [1.29, 1.82) is 0 Å². The number of halogens is 2. The SMILES string of the molecule is CN(C)C(=O)CN1C(=O)C(=O)c2c(Cl)ccc(Cl)c21. The molecular weight excluding hydrogens is 291 g/mol. The average Bonchev–Trinajstić information content (AvgIpc) is 2.60. The first-order valence-corrected chi connectivity index (χ1v) is 6.14. The van der Waals surface area contributed by atoms with Crippen molar-refractivity contribution in [2.45, 2.75) is 0 Å². The summed E-state index contributed by atoms with van der Waals surface area (Å²) in [6, 6.07) is 2.94. The topological polar surface area (TPSA) is 57.7 Å². The number of hydrogen-bond donors (Lipinski definition) is 0. The van der Waals surface area contributed by atoms with Crippen molar-refractivity contribution in [3.63, 3.8) is 0 Å². The number of hydrogen-bond acceptors (Lipinski definition) is 3. The normalized spacial score (nSPS) is 13.8. The van der Waals surface area contributed by atoms with Gasteiger partial charge in [-0.3, -0.25) is 19.3 Å². The van der Waals surface area contributed by atoms with Crippen molar-refractivity contribution in [3.05, 3.63) is 27.7 Å². The van der Waals surface area contributed by atoms with Crippen molar-refractivity contribution in [2.24, 2.45) is 0 Å². The highest BCUT2D eigenvalue weighted by molar-refractivity contribution is 6.57. The smallest absolute Gasteiger partial charge is 0.300 e. The van der Waals surface area contributed by atoms with Crippen molar-refractivity contribution < 1.29 is 14.4 Å². The molecule has 2 amide bonds. The third kappa shape index (κ3) is 2.19. The van der Waals surface area contributed by atoms with Crippen LogP contribution >= 0.6 is 23.2 Å². The van der Waals surface area contributed by atoms with E-state index in [4.69, 9.17) is 23.2 Å². The highest BCUT2D eigenvalue weighted by Gasteiger charge is 2.40. The van der Waals surface area contributed by atoms with E-state index < -0.39 is 11.7 Å². The molecule has 1 aromatic rings. The van der Waals surface area contributed by atoms with Crippen molar-refractivity contribution in [3.8, 4) is 0 Å².